The first-order valence-corrected chi connectivity index (χ1v) is 15.7. The summed E-state index contributed by atoms with van der Waals surface area (Å²) in [5.74, 6) is 2.39. The highest BCUT2D eigenvalue weighted by Gasteiger charge is 2.24. The topological polar surface area (TPSA) is 38.7 Å². The minimum absolute atomic E-state index is 0.407. The number of aromatic nitrogens is 3. The van der Waals surface area contributed by atoms with Crippen LogP contribution in [0.4, 0.5) is 0 Å². The van der Waals surface area contributed by atoms with E-state index < -0.39 is 0 Å². The van der Waals surface area contributed by atoms with E-state index in [-0.39, 0.29) is 0 Å². The van der Waals surface area contributed by atoms with Crippen LogP contribution in [0.5, 0.6) is 0 Å². The lowest BCUT2D eigenvalue weighted by atomic mass is 9.77. The Morgan fingerprint density at radius 1 is 0.500 bits per heavy atom. The molecule has 0 bridgehead atoms. The van der Waals surface area contributed by atoms with Gasteiger partial charge in [0.25, 0.3) is 0 Å². The van der Waals surface area contributed by atoms with Gasteiger partial charge in [-0.15, -0.1) is 0 Å². The third-order valence-electron chi connectivity index (χ3n) is 8.64. The number of fused-ring (bicyclic) bond motifs is 6. The average molecular weight is 631 g/mol. The average Bonchev–Trinajstić information content (AvgIpc) is 3.09. The van der Waals surface area contributed by atoms with E-state index >= 15 is 0 Å². The van der Waals surface area contributed by atoms with Crippen LogP contribution in [-0.4, -0.2) is 15.0 Å². The maximum atomic E-state index is 4.92. The van der Waals surface area contributed by atoms with Crippen molar-refractivity contribution in [3.63, 3.8) is 0 Å². The zero-order valence-corrected chi connectivity index (χ0v) is 25.8. The number of allylic oxidation sites excluding steroid dienone is 1. The fourth-order valence-corrected chi connectivity index (χ4v) is 6.80. The van der Waals surface area contributed by atoms with Crippen molar-refractivity contribution < 1.29 is 0 Å². The van der Waals surface area contributed by atoms with E-state index in [4.69, 9.17) is 15.0 Å². The van der Waals surface area contributed by atoms with Gasteiger partial charge in [-0.25, -0.2) is 15.0 Å². The molecule has 6 aromatic carbocycles. The summed E-state index contributed by atoms with van der Waals surface area (Å²) in [6, 6.07) is 44.6. The Morgan fingerprint density at radius 3 is 1.57 bits per heavy atom. The van der Waals surface area contributed by atoms with Crippen molar-refractivity contribution in [1.29, 1.82) is 0 Å². The predicted octanol–water partition coefficient (Wildman–Crippen LogP) is 11.0. The third-order valence-corrected chi connectivity index (χ3v) is 9.16. The second-order valence-corrected chi connectivity index (χ2v) is 12.4. The van der Waals surface area contributed by atoms with Crippen molar-refractivity contribution in [2.45, 2.75) is 19.3 Å². The Kier molecular flexibility index (Phi) is 6.65. The van der Waals surface area contributed by atoms with Gasteiger partial charge in [0, 0.05) is 21.2 Å². The van der Waals surface area contributed by atoms with Gasteiger partial charge >= 0.3 is 0 Å². The summed E-state index contributed by atoms with van der Waals surface area (Å²) in [6.07, 6.45) is 3.41. The molecule has 1 aliphatic carbocycles. The van der Waals surface area contributed by atoms with Crippen LogP contribution >= 0.6 is 15.9 Å². The van der Waals surface area contributed by atoms with Crippen LogP contribution < -0.4 is 0 Å². The summed E-state index contributed by atoms with van der Waals surface area (Å²) in [5, 5.41) is 5.34. The van der Waals surface area contributed by atoms with Gasteiger partial charge in [-0.3, -0.25) is 0 Å². The first-order valence-electron chi connectivity index (χ1n) is 14.9. The molecule has 0 spiro atoms. The Morgan fingerprint density at radius 2 is 0.955 bits per heavy atom. The van der Waals surface area contributed by atoms with Gasteiger partial charge in [-0.2, -0.15) is 0 Å². The Labute approximate surface area is 265 Å². The standard InChI is InChI=1S/C40H28BrN3/c1-25-23-30(24-36-34-13-6-5-11-32(34)33-12-7-8-14-35(33)37(25)36)26-15-17-28(18-16-26)39-42-38(27-9-3-2-4-10-27)43-40(44-39)29-19-21-31(41)22-20-29/h2-22,24-25H,23H2,1H3. The molecule has 1 unspecified atom stereocenters. The molecule has 1 heterocycles. The van der Waals surface area contributed by atoms with Crippen LogP contribution in [0.2, 0.25) is 0 Å². The maximum Gasteiger partial charge on any atom is 0.164 e. The van der Waals surface area contributed by atoms with Crippen molar-refractivity contribution in [2.24, 2.45) is 0 Å². The Bertz CT molecular complexity index is 2200. The largest absolute Gasteiger partial charge is 0.208 e. The van der Waals surface area contributed by atoms with E-state index in [0.29, 0.717) is 23.4 Å². The normalized spacial score (nSPS) is 14.4. The zero-order valence-electron chi connectivity index (χ0n) is 24.2. The van der Waals surface area contributed by atoms with Crippen LogP contribution in [-0.2, 0) is 0 Å². The molecule has 0 fully saturated rings. The molecule has 4 heteroatoms. The van der Waals surface area contributed by atoms with Gasteiger partial charge in [0.2, 0.25) is 0 Å². The predicted molar refractivity (Wildman–Crippen MR) is 186 cm³/mol. The van der Waals surface area contributed by atoms with Crippen molar-refractivity contribution in [2.75, 3.05) is 0 Å². The molecule has 1 aliphatic rings. The molecule has 1 atom stereocenters. The van der Waals surface area contributed by atoms with Gasteiger partial charge in [-0.1, -0.05) is 144 Å². The molecule has 0 amide bonds. The molecular formula is C40H28BrN3. The molecule has 8 rings (SSSR count). The van der Waals surface area contributed by atoms with E-state index in [1.807, 2.05) is 54.6 Å². The van der Waals surface area contributed by atoms with Crippen LogP contribution in [0.15, 0.2) is 132 Å². The van der Waals surface area contributed by atoms with Gasteiger partial charge in [0.05, 0.1) is 0 Å². The van der Waals surface area contributed by atoms with Gasteiger partial charge in [-0.05, 0) is 68.3 Å². The highest BCUT2D eigenvalue weighted by Crippen LogP contribution is 2.45. The minimum atomic E-state index is 0.407. The number of halogens is 1. The highest BCUT2D eigenvalue weighted by molar-refractivity contribution is 9.10. The number of benzene rings is 6. The fourth-order valence-electron chi connectivity index (χ4n) is 6.53. The Balaban J connectivity index is 1.22. The van der Waals surface area contributed by atoms with Gasteiger partial charge in [0.1, 0.15) is 0 Å². The molecule has 1 aromatic heterocycles. The van der Waals surface area contributed by atoms with E-state index in [1.165, 1.54) is 43.8 Å². The summed E-state index contributed by atoms with van der Waals surface area (Å²) >= 11 is 3.54. The quantitative estimate of drug-likeness (QED) is 0.182. The van der Waals surface area contributed by atoms with Crippen LogP contribution in [0.1, 0.15) is 36.0 Å². The first-order chi connectivity index (χ1) is 21.6. The lowest BCUT2D eigenvalue weighted by molar-refractivity contribution is 0.792. The SMILES string of the molecule is CC1CC(c2ccc(-c3nc(-c4ccccc4)nc(-c4ccc(Br)cc4)n3)cc2)=Cc2c1c1ccccc1c1ccccc21. The van der Waals surface area contributed by atoms with Crippen molar-refractivity contribution in [3.05, 3.63) is 149 Å². The maximum absolute atomic E-state index is 4.92. The third kappa shape index (κ3) is 4.72. The molecule has 44 heavy (non-hydrogen) atoms. The number of nitrogens with zero attached hydrogens (tertiary/aromatic N) is 3. The first kappa shape index (κ1) is 26.7. The van der Waals surface area contributed by atoms with Gasteiger partial charge < -0.3 is 0 Å². The monoisotopic (exact) mass is 629 g/mol. The minimum Gasteiger partial charge on any atom is -0.208 e. The summed E-state index contributed by atoms with van der Waals surface area (Å²) in [4.78, 5) is 14.7. The lowest BCUT2D eigenvalue weighted by Crippen LogP contribution is -2.06. The van der Waals surface area contributed by atoms with Crippen molar-refractivity contribution >= 4 is 49.1 Å². The lowest BCUT2D eigenvalue weighted by Gasteiger charge is -2.27. The smallest absolute Gasteiger partial charge is 0.164 e. The van der Waals surface area contributed by atoms with Crippen LogP contribution in [0.25, 0.3) is 67.4 Å². The van der Waals surface area contributed by atoms with Crippen molar-refractivity contribution in [1.82, 2.24) is 15.0 Å². The van der Waals surface area contributed by atoms with E-state index in [1.54, 1.807) is 0 Å². The number of hydrogen-bond donors (Lipinski definition) is 0. The molecule has 0 saturated heterocycles. The molecule has 0 aliphatic heterocycles. The van der Waals surface area contributed by atoms with E-state index in [0.717, 1.165) is 27.6 Å². The molecule has 0 N–H and O–H groups in total. The second kappa shape index (κ2) is 11.0. The summed E-state index contributed by atoms with van der Waals surface area (Å²) in [7, 11) is 0. The van der Waals surface area contributed by atoms with Crippen LogP contribution in [0, 0.1) is 0 Å². The van der Waals surface area contributed by atoms with E-state index in [9.17, 15) is 0 Å². The van der Waals surface area contributed by atoms with E-state index in [2.05, 4.69) is 102 Å². The summed E-state index contributed by atoms with van der Waals surface area (Å²) < 4.78 is 1.02. The molecular weight excluding hydrogens is 602 g/mol. The molecule has 0 radical (unpaired) electrons. The highest BCUT2D eigenvalue weighted by atomic mass is 79.9. The van der Waals surface area contributed by atoms with Gasteiger partial charge in [0.15, 0.2) is 17.5 Å². The summed E-state index contributed by atoms with van der Waals surface area (Å²) in [6.45, 7) is 2.36. The summed E-state index contributed by atoms with van der Waals surface area (Å²) in [5.41, 5.74) is 8.27. The number of rotatable bonds is 4. The molecule has 0 saturated carbocycles. The van der Waals surface area contributed by atoms with Crippen LogP contribution in [0.3, 0.4) is 0 Å². The second-order valence-electron chi connectivity index (χ2n) is 11.4. The fraction of sp³-hybridized carbons (Fsp3) is 0.0750. The Hall–Kier alpha value is -4.93. The molecule has 7 aromatic rings. The molecule has 210 valence electrons. The molecule has 3 nitrogen and oxygen atoms in total. The zero-order chi connectivity index (χ0) is 29.6. The van der Waals surface area contributed by atoms with Crippen molar-refractivity contribution in [3.8, 4) is 34.2 Å². The number of hydrogen-bond acceptors (Lipinski definition) is 3.